The van der Waals surface area contributed by atoms with Crippen molar-refractivity contribution < 1.29 is 14.3 Å². The van der Waals surface area contributed by atoms with Gasteiger partial charge in [-0.15, -0.1) is 11.8 Å². The minimum Gasteiger partial charge on any atom is -0.465 e. The molecule has 0 bridgehead atoms. The number of ether oxygens (including phenoxy) is 1. The van der Waals surface area contributed by atoms with Crippen molar-refractivity contribution in [3.63, 3.8) is 0 Å². The molecular weight excluding hydrogens is 300 g/mol. The standard InChI is InChI=1S/C16H28N2O3S/c1-4-6-7-8-16(3)15-18(13(19)12-22-15)10-9-17(16)11-14(20)21-5-2/h15H,4-12H2,1-3H3/t15-,16+/m1/s1. The molecule has 0 unspecified atom stereocenters. The number of carbonyl (C=O) groups is 2. The van der Waals surface area contributed by atoms with Crippen LogP contribution in [0, 0.1) is 0 Å². The maximum atomic E-state index is 12.1. The van der Waals surface area contributed by atoms with Crippen LogP contribution in [0.2, 0.25) is 0 Å². The van der Waals surface area contributed by atoms with Gasteiger partial charge in [-0.2, -0.15) is 0 Å². The third-order valence-electron chi connectivity index (χ3n) is 4.75. The van der Waals surface area contributed by atoms with E-state index in [-0.39, 0.29) is 22.8 Å². The van der Waals surface area contributed by atoms with Crippen LogP contribution in [0.1, 0.15) is 46.5 Å². The molecule has 0 aliphatic carbocycles. The quantitative estimate of drug-likeness (QED) is 0.529. The average Bonchev–Trinajstić information content (AvgIpc) is 2.85. The van der Waals surface area contributed by atoms with E-state index in [2.05, 4.69) is 18.7 Å². The number of hydrogen-bond donors (Lipinski definition) is 0. The van der Waals surface area contributed by atoms with E-state index < -0.39 is 0 Å². The number of nitrogens with zero attached hydrogens (tertiary/aromatic N) is 2. The Balaban J connectivity index is 2.12. The molecule has 0 aromatic heterocycles. The average molecular weight is 328 g/mol. The van der Waals surface area contributed by atoms with E-state index in [0.717, 1.165) is 25.9 Å². The molecule has 0 aromatic rings. The lowest BCUT2D eigenvalue weighted by Gasteiger charge is -2.51. The second-order valence-electron chi connectivity index (χ2n) is 6.29. The summed E-state index contributed by atoms with van der Waals surface area (Å²) >= 11 is 1.73. The van der Waals surface area contributed by atoms with Crippen LogP contribution in [0.15, 0.2) is 0 Å². The molecule has 6 heteroatoms. The topological polar surface area (TPSA) is 49.9 Å². The molecule has 2 aliphatic rings. The van der Waals surface area contributed by atoms with Crippen molar-refractivity contribution >= 4 is 23.6 Å². The highest BCUT2D eigenvalue weighted by molar-refractivity contribution is 8.01. The van der Waals surface area contributed by atoms with Gasteiger partial charge < -0.3 is 9.64 Å². The number of thioether (sulfide) groups is 1. The molecule has 2 fully saturated rings. The molecule has 5 nitrogen and oxygen atoms in total. The summed E-state index contributed by atoms with van der Waals surface area (Å²) in [5, 5.41) is 0.167. The molecular formula is C16H28N2O3S. The fourth-order valence-electron chi connectivity index (χ4n) is 3.49. The Morgan fingerprint density at radius 1 is 1.36 bits per heavy atom. The molecule has 2 heterocycles. The van der Waals surface area contributed by atoms with E-state index in [4.69, 9.17) is 4.74 Å². The van der Waals surface area contributed by atoms with Crippen LogP contribution in [-0.4, -0.2) is 64.6 Å². The van der Waals surface area contributed by atoms with Crippen molar-refractivity contribution in [1.82, 2.24) is 9.80 Å². The van der Waals surface area contributed by atoms with Crippen LogP contribution < -0.4 is 0 Å². The summed E-state index contributed by atoms with van der Waals surface area (Å²) in [7, 11) is 0. The van der Waals surface area contributed by atoms with Crippen molar-refractivity contribution in [1.29, 1.82) is 0 Å². The number of esters is 1. The largest absolute Gasteiger partial charge is 0.465 e. The van der Waals surface area contributed by atoms with Crippen molar-refractivity contribution in [3.8, 4) is 0 Å². The lowest BCUT2D eigenvalue weighted by atomic mass is 9.89. The van der Waals surface area contributed by atoms with Crippen molar-refractivity contribution in [2.24, 2.45) is 0 Å². The van der Waals surface area contributed by atoms with E-state index in [9.17, 15) is 9.59 Å². The van der Waals surface area contributed by atoms with Crippen LogP contribution in [0.5, 0.6) is 0 Å². The summed E-state index contributed by atoms with van der Waals surface area (Å²) in [5.41, 5.74) is -0.142. The fourth-order valence-corrected chi connectivity index (χ4v) is 4.98. The molecule has 2 rings (SSSR count). The Labute approximate surface area is 137 Å². The van der Waals surface area contributed by atoms with Gasteiger partial charge in [0, 0.05) is 18.6 Å². The lowest BCUT2D eigenvalue weighted by molar-refractivity contribution is -0.149. The van der Waals surface area contributed by atoms with Gasteiger partial charge in [-0.25, -0.2) is 0 Å². The summed E-state index contributed by atoms with van der Waals surface area (Å²) in [4.78, 5) is 28.2. The first-order chi connectivity index (χ1) is 10.5. The normalized spacial score (nSPS) is 28.8. The monoisotopic (exact) mass is 328 g/mol. The van der Waals surface area contributed by atoms with Crippen LogP contribution in [0.3, 0.4) is 0 Å². The zero-order chi connectivity index (χ0) is 16.2. The highest BCUT2D eigenvalue weighted by Crippen LogP contribution is 2.42. The number of carbonyl (C=O) groups excluding carboxylic acids is 2. The Kier molecular flexibility index (Phi) is 6.15. The Morgan fingerprint density at radius 2 is 2.14 bits per heavy atom. The number of piperazine rings is 1. The van der Waals surface area contributed by atoms with E-state index in [1.165, 1.54) is 12.8 Å². The van der Waals surface area contributed by atoms with Gasteiger partial charge in [0.2, 0.25) is 5.91 Å². The first kappa shape index (κ1) is 17.6. The maximum absolute atomic E-state index is 12.1. The summed E-state index contributed by atoms with van der Waals surface area (Å²) < 4.78 is 5.13. The van der Waals surface area contributed by atoms with Crippen LogP contribution in [0.25, 0.3) is 0 Å². The zero-order valence-corrected chi connectivity index (χ0v) is 14.8. The molecule has 2 aliphatic heterocycles. The Hall–Kier alpha value is -0.750. The van der Waals surface area contributed by atoms with Crippen molar-refractivity contribution in [3.05, 3.63) is 0 Å². The maximum Gasteiger partial charge on any atom is 0.320 e. The van der Waals surface area contributed by atoms with Gasteiger partial charge >= 0.3 is 5.97 Å². The molecule has 2 saturated heterocycles. The third-order valence-corrected chi connectivity index (χ3v) is 6.24. The molecule has 22 heavy (non-hydrogen) atoms. The zero-order valence-electron chi connectivity index (χ0n) is 14.0. The van der Waals surface area contributed by atoms with Gasteiger partial charge in [0.1, 0.15) is 0 Å². The molecule has 126 valence electrons. The molecule has 0 radical (unpaired) electrons. The Bertz CT molecular complexity index is 418. The van der Waals surface area contributed by atoms with Crippen LogP contribution in [-0.2, 0) is 14.3 Å². The number of rotatable bonds is 7. The second-order valence-corrected chi connectivity index (χ2v) is 7.36. The first-order valence-corrected chi connectivity index (χ1v) is 9.39. The number of unbranched alkanes of at least 4 members (excludes halogenated alkanes) is 2. The van der Waals surface area contributed by atoms with Crippen molar-refractivity contribution in [2.75, 3.05) is 32.0 Å². The van der Waals surface area contributed by atoms with Gasteiger partial charge in [0.25, 0.3) is 0 Å². The predicted molar refractivity (Wildman–Crippen MR) is 88.7 cm³/mol. The minimum absolute atomic E-state index is 0.142. The fraction of sp³-hybridized carbons (Fsp3) is 0.875. The van der Waals surface area contributed by atoms with Crippen LogP contribution >= 0.6 is 11.8 Å². The Morgan fingerprint density at radius 3 is 2.82 bits per heavy atom. The molecule has 0 spiro atoms. The first-order valence-electron chi connectivity index (χ1n) is 8.34. The predicted octanol–water partition coefficient (Wildman–Crippen LogP) is 2.11. The van der Waals surface area contributed by atoms with E-state index in [1.807, 2.05) is 11.8 Å². The summed E-state index contributed by atoms with van der Waals surface area (Å²) in [6.07, 6.45) is 4.51. The van der Waals surface area contributed by atoms with Gasteiger partial charge in [0.15, 0.2) is 0 Å². The second kappa shape index (κ2) is 7.68. The van der Waals surface area contributed by atoms with Gasteiger partial charge in [-0.1, -0.05) is 26.2 Å². The summed E-state index contributed by atoms with van der Waals surface area (Å²) in [6.45, 7) is 8.47. The molecule has 2 atom stereocenters. The van der Waals surface area contributed by atoms with E-state index >= 15 is 0 Å². The van der Waals surface area contributed by atoms with E-state index in [1.54, 1.807) is 11.8 Å². The van der Waals surface area contributed by atoms with Crippen LogP contribution in [0.4, 0.5) is 0 Å². The molecule has 0 N–H and O–H groups in total. The number of fused-ring (bicyclic) bond motifs is 1. The number of amides is 1. The van der Waals surface area contributed by atoms with E-state index in [0.29, 0.717) is 18.9 Å². The molecule has 1 amide bonds. The summed E-state index contributed by atoms with van der Waals surface area (Å²) in [5.74, 6) is 0.654. The highest BCUT2D eigenvalue weighted by atomic mass is 32.2. The van der Waals surface area contributed by atoms with Gasteiger partial charge in [-0.05, 0) is 20.3 Å². The lowest BCUT2D eigenvalue weighted by Crippen LogP contribution is -2.65. The van der Waals surface area contributed by atoms with Gasteiger partial charge in [-0.3, -0.25) is 14.5 Å². The highest BCUT2D eigenvalue weighted by Gasteiger charge is 2.51. The summed E-state index contributed by atoms with van der Waals surface area (Å²) in [6, 6.07) is 0. The third kappa shape index (κ3) is 3.59. The smallest absolute Gasteiger partial charge is 0.320 e. The number of hydrogen-bond acceptors (Lipinski definition) is 5. The van der Waals surface area contributed by atoms with Crippen molar-refractivity contribution in [2.45, 2.75) is 57.4 Å². The minimum atomic E-state index is -0.160. The SMILES string of the molecule is CCCCC[C@@]1(C)[C@H]2SCC(=O)N2CCN1CC(=O)OCC. The molecule has 0 aromatic carbocycles. The molecule has 0 saturated carbocycles. The van der Waals surface area contributed by atoms with Gasteiger partial charge in [0.05, 0.1) is 24.3 Å².